The lowest BCUT2D eigenvalue weighted by molar-refractivity contribution is -0.142. The molecule has 7 nitrogen and oxygen atoms in total. The number of para-hydroxylation sites is 2. The number of methoxy groups -OCH3 is 2. The van der Waals surface area contributed by atoms with Crippen LogP contribution in [0.3, 0.4) is 0 Å². The van der Waals surface area contributed by atoms with Crippen LogP contribution in [0.1, 0.15) is 19.4 Å². The molecule has 0 aliphatic rings. The van der Waals surface area contributed by atoms with Gasteiger partial charge in [-0.1, -0.05) is 24.3 Å². The fourth-order valence-corrected chi connectivity index (χ4v) is 2.83. The summed E-state index contributed by atoms with van der Waals surface area (Å²) in [4.78, 5) is 26.9. The summed E-state index contributed by atoms with van der Waals surface area (Å²) in [6.07, 6.45) is 0. The second-order valence-corrected chi connectivity index (χ2v) is 6.38. The lowest BCUT2D eigenvalue weighted by Gasteiger charge is -2.28. The van der Waals surface area contributed by atoms with Crippen molar-refractivity contribution in [1.29, 1.82) is 0 Å². The van der Waals surface area contributed by atoms with Gasteiger partial charge in [-0.05, 0) is 43.7 Å². The first-order chi connectivity index (χ1) is 14.0. The van der Waals surface area contributed by atoms with E-state index in [4.69, 9.17) is 14.2 Å². The number of ether oxygens (including phenoxy) is 3. The first-order valence-corrected chi connectivity index (χ1v) is 9.46. The van der Waals surface area contributed by atoms with Crippen molar-refractivity contribution >= 4 is 11.8 Å². The van der Waals surface area contributed by atoms with Crippen molar-refractivity contribution in [3.63, 3.8) is 0 Å². The Morgan fingerprint density at radius 1 is 1.03 bits per heavy atom. The maximum atomic E-state index is 13.0. The first-order valence-electron chi connectivity index (χ1n) is 9.46. The highest BCUT2D eigenvalue weighted by molar-refractivity contribution is 5.87. The van der Waals surface area contributed by atoms with Gasteiger partial charge in [-0.25, -0.2) is 0 Å². The van der Waals surface area contributed by atoms with Gasteiger partial charge in [-0.15, -0.1) is 0 Å². The van der Waals surface area contributed by atoms with Gasteiger partial charge in [0.15, 0.2) is 18.1 Å². The third-order valence-electron chi connectivity index (χ3n) is 4.43. The number of nitrogens with one attached hydrogen (secondary N) is 1. The van der Waals surface area contributed by atoms with Crippen molar-refractivity contribution in [1.82, 2.24) is 10.2 Å². The molecule has 29 heavy (non-hydrogen) atoms. The van der Waals surface area contributed by atoms with Gasteiger partial charge in [-0.2, -0.15) is 0 Å². The third-order valence-corrected chi connectivity index (χ3v) is 4.43. The van der Waals surface area contributed by atoms with Crippen molar-refractivity contribution < 1.29 is 23.8 Å². The average molecular weight is 400 g/mol. The summed E-state index contributed by atoms with van der Waals surface area (Å²) in [5, 5.41) is 2.76. The van der Waals surface area contributed by atoms with E-state index < -0.39 is 6.04 Å². The highest BCUT2D eigenvalue weighted by Crippen LogP contribution is 2.26. The summed E-state index contributed by atoms with van der Waals surface area (Å²) in [6.45, 7) is 4.07. The number of carbonyl (C=O) groups is 2. The Kier molecular flexibility index (Phi) is 8.33. The van der Waals surface area contributed by atoms with E-state index >= 15 is 0 Å². The van der Waals surface area contributed by atoms with Crippen molar-refractivity contribution in [3.05, 3.63) is 54.1 Å². The van der Waals surface area contributed by atoms with Crippen molar-refractivity contribution in [2.75, 3.05) is 27.4 Å². The summed E-state index contributed by atoms with van der Waals surface area (Å²) < 4.78 is 16.2. The molecule has 7 heteroatoms. The molecule has 2 rings (SSSR count). The number of hydrogen-bond donors (Lipinski definition) is 1. The molecule has 0 aliphatic carbocycles. The summed E-state index contributed by atoms with van der Waals surface area (Å²) in [5.74, 6) is 1.16. The first kappa shape index (κ1) is 22.1. The summed E-state index contributed by atoms with van der Waals surface area (Å²) in [7, 11) is 3.12. The molecule has 0 spiro atoms. The molecule has 0 saturated heterocycles. The minimum absolute atomic E-state index is 0.214. The van der Waals surface area contributed by atoms with Crippen LogP contribution in [0.2, 0.25) is 0 Å². The molecular formula is C22H28N2O5. The fourth-order valence-electron chi connectivity index (χ4n) is 2.83. The van der Waals surface area contributed by atoms with Gasteiger partial charge < -0.3 is 24.4 Å². The van der Waals surface area contributed by atoms with Gasteiger partial charge >= 0.3 is 0 Å². The van der Waals surface area contributed by atoms with Crippen LogP contribution in [0.15, 0.2) is 48.5 Å². The predicted octanol–water partition coefficient (Wildman–Crippen LogP) is 2.64. The molecule has 2 aromatic rings. The van der Waals surface area contributed by atoms with Gasteiger partial charge in [0.05, 0.1) is 14.2 Å². The summed E-state index contributed by atoms with van der Waals surface area (Å²) in [5.41, 5.74) is 0.853. The quantitative estimate of drug-likeness (QED) is 0.663. The number of rotatable bonds is 10. The molecule has 0 bridgehead atoms. The summed E-state index contributed by atoms with van der Waals surface area (Å²) in [6, 6.07) is 13.8. The molecule has 1 N–H and O–H groups in total. The molecular weight excluding hydrogens is 372 g/mol. The lowest BCUT2D eigenvalue weighted by Crippen LogP contribution is -2.49. The van der Waals surface area contributed by atoms with Crippen LogP contribution in [-0.4, -0.2) is 50.1 Å². The molecule has 0 unspecified atom stereocenters. The zero-order valence-corrected chi connectivity index (χ0v) is 17.3. The van der Waals surface area contributed by atoms with Crippen LogP contribution in [0.25, 0.3) is 0 Å². The molecule has 0 heterocycles. The van der Waals surface area contributed by atoms with E-state index in [1.807, 2.05) is 37.3 Å². The van der Waals surface area contributed by atoms with Crippen LogP contribution in [0, 0.1) is 0 Å². The SMILES string of the molecule is CCNC(=O)[C@@H](C)N(Cc1cccc(OC)c1)C(=O)COc1ccccc1OC. The van der Waals surface area contributed by atoms with Crippen LogP contribution >= 0.6 is 0 Å². The number of nitrogens with zero attached hydrogens (tertiary/aromatic N) is 1. The highest BCUT2D eigenvalue weighted by atomic mass is 16.5. The highest BCUT2D eigenvalue weighted by Gasteiger charge is 2.26. The minimum atomic E-state index is -0.657. The standard InChI is InChI=1S/C22H28N2O5/c1-5-23-22(26)16(2)24(14-17-9-8-10-18(13-17)27-3)21(25)15-29-20-12-7-6-11-19(20)28-4/h6-13,16H,5,14-15H2,1-4H3,(H,23,26)/t16-/m1/s1. The second-order valence-electron chi connectivity index (χ2n) is 6.38. The van der Waals surface area contributed by atoms with Crippen LogP contribution in [-0.2, 0) is 16.1 Å². The van der Waals surface area contributed by atoms with Crippen molar-refractivity contribution in [2.45, 2.75) is 26.4 Å². The molecule has 0 saturated carbocycles. The average Bonchev–Trinajstić information content (AvgIpc) is 2.75. The molecule has 156 valence electrons. The second kappa shape index (κ2) is 10.9. The Morgan fingerprint density at radius 3 is 2.41 bits per heavy atom. The van der Waals surface area contributed by atoms with E-state index in [0.29, 0.717) is 23.8 Å². The monoisotopic (exact) mass is 400 g/mol. The van der Waals surface area contributed by atoms with Gasteiger partial charge in [-0.3, -0.25) is 9.59 Å². The molecule has 0 radical (unpaired) electrons. The fraction of sp³-hybridized carbons (Fsp3) is 0.364. The maximum absolute atomic E-state index is 13.0. The number of hydrogen-bond acceptors (Lipinski definition) is 5. The van der Waals surface area contributed by atoms with Crippen LogP contribution < -0.4 is 19.5 Å². The van der Waals surface area contributed by atoms with Gasteiger partial charge in [0, 0.05) is 13.1 Å². The number of amides is 2. The Morgan fingerprint density at radius 2 is 1.76 bits per heavy atom. The van der Waals surface area contributed by atoms with Gasteiger partial charge in [0.25, 0.3) is 5.91 Å². The largest absolute Gasteiger partial charge is 0.497 e. The topological polar surface area (TPSA) is 77.1 Å². The normalized spacial score (nSPS) is 11.3. The van der Waals surface area contributed by atoms with Crippen LogP contribution in [0.4, 0.5) is 0 Å². The third kappa shape index (κ3) is 6.14. The zero-order valence-electron chi connectivity index (χ0n) is 17.3. The zero-order chi connectivity index (χ0) is 21.2. The molecule has 0 aliphatic heterocycles. The van der Waals surface area contributed by atoms with E-state index in [1.54, 1.807) is 32.2 Å². The Balaban J connectivity index is 2.18. The van der Waals surface area contributed by atoms with E-state index in [1.165, 1.54) is 12.0 Å². The van der Waals surface area contributed by atoms with Crippen LogP contribution in [0.5, 0.6) is 17.2 Å². The minimum Gasteiger partial charge on any atom is -0.497 e. The number of carbonyl (C=O) groups excluding carboxylic acids is 2. The van der Waals surface area contributed by atoms with E-state index in [9.17, 15) is 9.59 Å². The summed E-state index contributed by atoms with van der Waals surface area (Å²) >= 11 is 0. The molecule has 0 aromatic heterocycles. The number of benzene rings is 2. The molecule has 0 fully saturated rings. The molecule has 1 atom stereocenters. The smallest absolute Gasteiger partial charge is 0.261 e. The molecule has 2 amide bonds. The van der Waals surface area contributed by atoms with Gasteiger partial charge in [0.2, 0.25) is 5.91 Å². The Labute approximate surface area is 171 Å². The number of likely N-dealkylation sites (N-methyl/N-ethyl adjacent to an activating group) is 1. The Hall–Kier alpha value is -3.22. The maximum Gasteiger partial charge on any atom is 0.261 e. The van der Waals surface area contributed by atoms with Crippen molar-refractivity contribution in [3.8, 4) is 17.2 Å². The Bertz CT molecular complexity index is 824. The van der Waals surface area contributed by atoms with E-state index in [-0.39, 0.29) is 25.0 Å². The van der Waals surface area contributed by atoms with E-state index in [2.05, 4.69) is 5.32 Å². The molecule has 2 aromatic carbocycles. The lowest BCUT2D eigenvalue weighted by atomic mass is 10.1. The van der Waals surface area contributed by atoms with Gasteiger partial charge in [0.1, 0.15) is 11.8 Å². The van der Waals surface area contributed by atoms with E-state index in [0.717, 1.165) is 5.56 Å². The predicted molar refractivity (Wildman–Crippen MR) is 110 cm³/mol. The van der Waals surface area contributed by atoms with Crippen molar-refractivity contribution in [2.24, 2.45) is 0 Å².